The standard InChI is InChI=1S/C23H25N3O2/c1-13-10-21(24)15(3)8-19(13)23(17-6-5-7-18(12-17)26(27)28)20-9-16(4)22(25)11-14(20)2/h5-12,23H,24-25H2,1-4H3. The predicted molar refractivity (Wildman–Crippen MR) is 115 cm³/mol. The van der Waals surface area contributed by atoms with Crippen LogP contribution in [-0.2, 0) is 0 Å². The smallest absolute Gasteiger partial charge is 0.269 e. The first kappa shape index (κ1) is 19.4. The average molecular weight is 375 g/mol. The van der Waals surface area contributed by atoms with Crippen LogP contribution in [0.2, 0.25) is 0 Å². The van der Waals surface area contributed by atoms with E-state index >= 15 is 0 Å². The molecule has 0 aliphatic carbocycles. The van der Waals surface area contributed by atoms with Gasteiger partial charge in [-0.1, -0.05) is 24.3 Å². The topological polar surface area (TPSA) is 95.2 Å². The van der Waals surface area contributed by atoms with E-state index in [1.165, 1.54) is 6.07 Å². The lowest BCUT2D eigenvalue weighted by Gasteiger charge is -2.24. The van der Waals surface area contributed by atoms with Gasteiger partial charge in [-0.3, -0.25) is 10.1 Å². The van der Waals surface area contributed by atoms with Crippen molar-refractivity contribution in [2.45, 2.75) is 33.6 Å². The fourth-order valence-electron chi connectivity index (χ4n) is 3.69. The molecule has 0 radical (unpaired) electrons. The van der Waals surface area contributed by atoms with Crippen molar-refractivity contribution >= 4 is 17.1 Å². The third kappa shape index (κ3) is 3.56. The number of rotatable bonds is 4. The zero-order valence-electron chi connectivity index (χ0n) is 16.6. The van der Waals surface area contributed by atoms with E-state index in [-0.39, 0.29) is 16.5 Å². The van der Waals surface area contributed by atoms with Crippen molar-refractivity contribution in [1.29, 1.82) is 0 Å². The Morgan fingerprint density at radius 1 is 0.786 bits per heavy atom. The molecule has 3 aromatic carbocycles. The van der Waals surface area contributed by atoms with Crippen LogP contribution in [0, 0.1) is 37.8 Å². The summed E-state index contributed by atoms with van der Waals surface area (Å²) in [6.07, 6.45) is 0. The van der Waals surface area contributed by atoms with Crippen LogP contribution in [0.25, 0.3) is 0 Å². The molecule has 0 saturated carbocycles. The number of non-ortho nitro benzene ring substituents is 1. The van der Waals surface area contributed by atoms with Crippen molar-refractivity contribution < 1.29 is 4.92 Å². The van der Waals surface area contributed by atoms with Gasteiger partial charge in [0.05, 0.1) is 4.92 Å². The van der Waals surface area contributed by atoms with E-state index in [1.807, 2.05) is 45.9 Å². The van der Waals surface area contributed by atoms with E-state index in [0.717, 1.165) is 50.3 Å². The third-order valence-corrected chi connectivity index (χ3v) is 5.35. The second-order valence-electron chi connectivity index (χ2n) is 7.42. The van der Waals surface area contributed by atoms with Crippen molar-refractivity contribution in [3.8, 4) is 0 Å². The summed E-state index contributed by atoms with van der Waals surface area (Å²) in [6.45, 7) is 8.00. The molecule has 28 heavy (non-hydrogen) atoms. The summed E-state index contributed by atoms with van der Waals surface area (Å²) < 4.78 is 0. The Bertz CT molecular complexity index is 1020. The van der Waals surface area contributed by atoms with Crippen molar-refractivity contribution in [1.82, 2.24) is 0 Å². The molecule has 0 unspecified atom stereocenters. The SMILES string of the molecule is Cc1cc(C(c2cccc([N+](=O)[O-])c2)c2cc(C)c(N)cc2C)c(C)cc1N. The van der Waals surface area contributed by atoms with Crippen LogP contribution in [0.4, 0.5) is 17.1 Å². The predicted octanol–water partition coefficient (Wildman–Crippen LogP) is 5.17. The van der Waals surface area contributed by atoms with Gasteiger partial charge >= 0.3 is 0 Å². The van der Waals surface area contributed by atoms with Crippen LogP contribution >= 0.6 is 0 Å². The highest BCUT2D eigenvalue weighted by Crippen LogP contribution is 2.39. The Morgan fingerprint density at radius 2 is 1.29 bits per heavy atom. The van der Waals surface area contributed by atoms with Crippen LogP contribution < -0.4 is 11.5 Å². The summed E-state index contributed by atoms with van der Waals surface area (Å²) in [5.41, 5.74) is 20.9. The highest BCUT2D eigenvalue weighted by Gasteiger charge is 2.23. The highest BCUT2D eigenvalue weighted by molar-refractivity contribution is 5.60. The van der Waals surface area contributed by atoms with E-state index < -0.39 is 0 Å². The first-order chi connectivity index (χ1) is 13.2. The van der Waals surface area contributed by atoms with Crippen molar-refractivity contribution in [2.75, 3.05) is 11.5 Å². The first-order valence-corrected chi connectivity index (χ1v) is 9.16. The van der Waals surface area contributed by atoms with E-state index in [4.69, 9.17) is 11.5 Å². The summed E-state index contributed by atoms with van der Waals surface area (Å²) in [5.74, 6) is -0.154. The molecule has 0 heterocycles. The fourth-order valence-corrected chi connectivity index (χ4v) is 3.69. The van der Waals surface area contributed by atoms with Gasteiger partial charge < -0.3 is 11.5 Å². The lowest BCUT2D eigenvalue weighted by Crippen LogP contribution is -2.10. The fraction of sp³-hybridized carbons (Fsp3) is 0.217. The minimum Gasteiger partial charge on any atom is -0.399 e. The first-order valence-electron chi connectivity index (χ1n) is 9.16. The van der Waals surface area contributed by atoms with Crippen LogP contribution in [-0.4, -0.2) is 4.92 Å². The quantitative estimate of drug-likeness (QED) is 0.284. The molecular weight excluding hydrogens is 350 g/mol. The van der Waals surface area contributed by atoms with Gasteiger partial charge in [-0.05, 0) is 78.8 Å². The number of aryl methyl sites for hydroxylation is 4. The number of nitro benzene ring substituents is 1. The molecule has 0 amide bonds. The molecule has 0 atom stereocenters. The lowest BCUT2D eigenvalue weighted by molar-refractivity contribution is -0.384. The number of nitrogens with two attached hydrogens (primary N) is 2. The maximum absolute atomic E-state index is 11.4. The van der Waals surface area contributed by atoms with E-state index in [9.17, 15) is 10.1 Å². The van der Waals surface area contributed by atoms with E-state index in [2.05, 4.69) is 12.1 Å². The summed E-state index contributed by atoms with van der Waals surface area (Å²) in [6, 6.07) is 14.9. The van der Waals surface area contributed by atoms with E-state index in [0.29, 0.717) is 0 Å². The minimum absolute atomic E-state index is 0.0807. The van der Waals surface area contributed by atoms with Crippen molar-refractivity contribution in [3.05, 3.63) is 97.6 Å². The van der Waals surface area contributed by atoms with Gasteiger partial charge in [0.1, 0.15) is 0 Å². The van der Waals surface area contributed by atoms with Gasteiger partial charge in [0.15, 0.2) is 0 Å². The number of hydrogen-bond donors (Lipinski definition) is 2. The number of nitro groups is 1. The molecule has 0 spiro atoms. The molecule has 0 aliphatic heterocycles. The van der Waals surface area contributed by atoms with E-state index in [1.54, 1.807) is 12.1 Å². The molecule has 5 nitrogen and oxygen atoms in total. The van der Waals surface area contributed by atoms with Gasteiger partial charge in [-0.15, -0.1) is 0 Å². The van der Waals surface area contributed by atoms with Crippen LogP contribution in [0.5, 0.6) is 0 Å². The molecule has 0 aliphatic rings. The second-order valence-corrected chi connectivity index (χ2v) is 7.42. The second kappa shape index (κ2) is 7.35. The Balaban J connectivity index is 2.33. The maximum atomic E-state index is 11.4. The zero-order valence-corrected chi connectivity index (χ0v) is 16.6. The lowest BCUT2D eigenvalue weighted by atomic mass is 9.80. The summed E-state index contributed by atoms with van der Waals surface area (Å²) in [5, 5.41) is 11.4. The molecule has 5 heteroatoms. The number of benzene rings is 3. The normalized spacial score (nSPS) is 11.0. The summed E-state index contributed by atoms with van der Waals surface area (Å²) >= 11 is 0. The highest BCUT2D eigenvalue weighted by atomic mass is 16.6. The molecular formula is C23H25N3O2. The van der Waals surface area contributed by atoms with Crippen LogP contribution in [0.1, 0.15) is 44.9 Å². The van der Waals surface area contributed by atoms with Gasteiger partial charge in [-0.2, -0.15) is 0 Å². The number of hydrogen-bond acceptors (Lipinski definition) is 4. The Morgan fingerprint density at radius 3 is 1.75 bits per heavy atom. The van der Waals surface area contributed by atoms with Gasteiger partial charge in [0.2, 0.25) is 0 Å². The molecule has 3 aromatic rings. The third-order valence-electron chi connectivity index (χ3n) is 5.35. The minimum atomic E-state index is -0.358. The molecule has 144 valence electrons. The molecule has 0 aromatic heterocycles. The van der Waals surface area contributed by atoms with Crippen LogP contribution in [0.15, 0.2) is 48.5 Å². The summed E-state index contributed by atoms with van der Waals surface area (Å²) in [7, 11) is 0. The molecule has 4 N–H and O–H groups in total. The van der Waals surface area contributed by atoms with Gasteiger partial charge in [0, 0.05) is 29.4 Å². The monoisotopic (exact) mass is 375 g/mol. The molecule has 3 rings (SSSR count). The average Bonchev–Trinajstić information content (AvgIpc) is 2.64. The maximum Gasteiger partial charge on any atom is 0.269 e. The Labute approximate surface area is 165 Å². The number of anilines is 2. The number of nitrogens with zero attached hydrogens (tertiary/aromatic N) is 1. The largest absolute Gasteiger partial charge is 0.399 e. The Hall–Kier alpha value is -3.34. The molecule has 0 fully saturated rings. The molecule has 0 bridgehead atoms. The Kier molecular flexibility index (Phi) is 5.10. The van der Waals surface area contributed by atoms with Crippen molar-refractivity contribution in [3.63, 3.8) is 0 Å². The van der Waals surface area contributed by atoms with Crippen LogP contribution in [0.3, 0.4) is 0 Å². The van der Waals surface area contributed by atoms with Gasteiger partial charge in [-0.25, -0.2) is 0 Å². The van der Waals surface area contributed by atoms with Crippen molar-refractivity contribution in [2.24, 2.45) is 0 Å². The van der Waals surface area contributed by atoms with Gasteiger partial charge in [0.25, 0.3) is 5.69 Å². The summed E-state index contributed by atoms with van der Waals surface area (Å²) in [4.78, 5) is 11.0. The number of nitrogen functional groups attached to an aromatic ring is 2. The molecule has 0 saturated heterocycles. The zero-order chi connectivity index (χ0) is 20.6.